The van der Waals surface area contributed by atoms with Gasteiger partial charge in [0.15, 0.2) is 6.10 Å². The van der Waals surface area contributed by atoms with E-state index in [9.17, 15) is 4.79 Å². The molecule has 0 bridgehead atoms. The maximum atomic E-state index is 11.1. The Morgan fingerprint density at radius 1 is 1.40 bits per heavy atom. The standard InChI is InChI=1S/C14H17N3O3/c15-6-7-20-13(14(18)19)8-11-9-17(10-16-11)12-4-2-1-3-5-12/h1-5,9-10,13H,6-8,15H2,(H,18,19)/t13-/m0/s1. The molecular weight excluding hydrogens is 258 g/mol. The monoisotopic (exact) mass is 275 g/mol. The topological polar surface area (TPSA) is 90.4 Å². The summed E-state index contributed by atoms with van der Waals surface area (Å²) in [5, 5.41) is 9.08. The van der Waals surface area contributed by atoms with Crippen molar-refractivity contribution in [3.63, 3.8) is 0 Å². The van der Waals surface area contributed by atoms with Crippen molar-refractivity contribution >= 4 is 5.97 Å². The van der Waals surface area contributed by atoms with Gasteiger partial charge in [0, 0.05) is 24.8 Å². The van der Waals surface area contributed by atoms with Crippen molar-refractivity contribution in [2.75, 3.05) is 13.2 Å². The number of carbonyl (C=O) groups is 1. The lowest BCUT2D eigenvalue weighted by molar-refractivity contribution is -0.150. The molecule has 0 amide bonds. The third-order valence-corrected chi connectivity index (χ3v) is 2.80. The second-order valence-electron chi connectivity index (χ2n) is 4.30. The van der Waals surface area contributed by atoms with Gasteiger partial charge in [-0.05, 0) is 12.1 Å². The van der Waals surface area contributed by atoms with Crippen molar-refractivity contribution in [3.8, 4) is 5.69 Å². The predicted molar refractivity (Wildman–Crippen MR) is 73.7 cm³/mol. The third-order valence-electron chi connectivity index (χ3n) is 2.80. The number of carboxylic acid groups (broad SMARTS) is 1. The van der Waals surface area contributed by atoms with E-state index in [1.165, 1.54) is 0 Å². The molecule has 0 saturated heterocycles. The molecular formula is C14H17N3O3. The molecule has 0 aliphatic carbocycles. The lowest BCUT2D eigenvalue weighted by atomic mass is 10.2. The Bertz CT molecular complexity index is 554. The van der Waals surface area contributed by atoms with Gasteiger partial charge in [-0.3, -0.25) is 0 Å². The Morgan fingerprint density at radius 3 is 2.80 bits per heavy atom. The molecule has 6 heteroatoms. The van der Waals surface area contributed by atoms with Crippen LogP contribution in [-0.4, -0.2) is 39.9 Å². The molecule has 0 aliphatic heterocycles. The van der Waals surface area contributed by atoms with Crippen LogP contribution in [0.3, 0.4) is 0 Å². The van der Waals surface area contributed by atoms with Crippen molar-refractivity contribution in [2.45, 2.75) is 12.5 Å². The Balaban J connectivity index is 2.06. The SMILES string of the molecule is NCCO[C@@H](Cc1cn(-c2ccccc2)cn1)C(=O)O. The van der Waals surface area contributed by atoms with E-state index in [4.69, 9.17) is 15.6 Å². The highest BCUT2D eigenvalue weighted by Gasteiger charge is 2.19. The quantitative estimate of drug-likeness (QED) is 0.781. The minimum Gasteiger partial charge on any atom is -0.479 e. The van der Waals surface area contributed by atoms with Crippen LogP contribution in [0.1, 0.15) is 5.69 Å². The van der Waals surface area contributed by atoms with Gasteiger partial charge in [0.2, 0.25) is 0 Å². The number of imidazole rings is 1. The molecule has 0 radical (unpaired) electrons. The van der Waals surface area contributed by atoms with Gasteiger partial charge >= 0.3 is 5.97 Å². The van der Waals surface area contributed by atoms with Gasteiger partial charge in [-0.2, -0.15) is 0 Å². The maximum absolute atomic E-state index is 11.1. The summed E-state index contributed by atoms with van der Waals surface area (Å²) in [5.74, 6) is -1.01. The van der Waals surface area contributed by atoms with Gasteiger partial charge in [-0.1, -0.05) is 18.2 Å². The lowest BCUT2D eigenvalue weighted by Crippen LogP contribution is -2.28. The van der Waals surface area contributed by atoms with E-state index in [-0.39, 0.29) is 13.0 Å². The molecule has 0 saturated carbocycles. The molecule has 20 heavy (non-hydrogen) atoms. The van der Waals surface area contributed by atoms with E-state index in [2.05, 4.69) is 4.98 Å². The fraction of sp³-hybridized carbons (Fsp3) is 0.286. The fourth-order valence-electron chi connectivity index (χ4n) is 1.83. The van der Waals surface area contributed by atoms with E-state index in [0.717, 1.165) is 5.69 Å². The molecule has 0 fully saturated rings. The van der Waals surface area contributed by atoms with E-state index in [0.29, 0.717) is 12.2 Å². The molecule has 6 nitrogen and oxygen atoms in total. The number of hydrogen-bond donors (Lipinski definition) is 2. The van der Waals surface area contributed by atoms with E-state index < -0.39 is 12.1 Å². The highest BCUT2D eigenvalue weighted by Crippen LogP contribution is 2.10. The van der Waals surface area contributed by atoms with Crippen LogP contribution in [0.5, 0.6) is 0 Å². The zero-order valence-electron chi connectivity index (χ0n) is 11.0. The lowest BCUT2D eigenvalue weighted by Gasteiger charge is -2.11. The second kappa shape index (κ2) is 6.83. The normalized spacial score (nSPS) is 12.2. The zero-order chi connectivity index (χ0) is 14.4. The minimum absolute atomic E-state index is 0.217. The summed E-state index contributed by atoms with van der Waals surface area (Å²) in [6.07, 6.45) is 2.76. The Morgan fingerprint density at radius 2 is 2.15 bits per heavy atom. The molecule has 2 aromatic rings. The summed E-state index contributed by atoms with van der Waals surface area (Å²) in [5.41, 5.74) is 6.95. The van der Waals surface area contributed by atoms with E-state index >= 15 is 0 Å². The average molecular weight is 275 g/mol. The summed E-state index contributed by atoms with van der Waals surface area (Å²) < 4.78 is 7.04. The maximum Gasteiger partial charge on any atom is 0.333 e. The number of nitrogens with two attached hydrogens (primary N) is 1. The Labute approximate surface area is 116 Å². The molecule has 2 rings (SSSR count). The largest absolute Gasteiger partial charge is 0.479 e. The van der Waals surface area contributed by atoms with Crippen molar-refractivity contribution < 1.29 is 14.6 Å². The number of aromatic nitrogens is 2. The van der Waals surface area contributed by atoms with E-state index in [1.54, 1.807) is 12.5 Å². The highest BCUT2D eigenvalue weighted by molar-refractivity contribution is 5.72. The van der Waals surface area contributed by atoms with Crippen molar-refractivity contribution in [3.05, 3.63) is 48.5 Å². The van der Waals surface area contributed by atoms with Crippen LogP contribution >= 0.6 is 0 Å². The van der Waals surface area contributed by atoms with Gasteiger partial charge in [0.05, 0.1) is 18.6 Å². The summed E-state index contributed by atoms with van der Waals surface area (Å²) in [7, 11) is 0. The number of carboxylic acids is 1. The van der Waals surface area contributed by atoms with Gasteiger partial charge in [-0.15, -0.1) is 0 Å². The molecule has 1 heterocycles. The van der Waals surface area contributed by atoms with Crippen molar-refractivity contribution in [1.82, 2.24) is 9.55 Å². The van der Waals surface area contributed by atoms with Crippen LogP contribution < -0.4 is 5.73 Å². The zero-order valence-corrected chi connectivity index (χ0v) is 11.0. The summed E-state index contributed by atoms with van der Waals surface area (Å²) in [6, 6.07) is 9.69. The number of aliphatic carboxylic acids is 1. The molecule has 1 atom stereocenters. The van der Waals surface area contributed by atoms with Gasteiger partial charge in [-0.25, -0.2) is 9.78 Å². The Hall–Kier alpha value is -2.18. The van der Waals surface area contributed by atoms with Gasteiger partial charge in [0.25, 0.3) is 0 Å². The van der Waals surface area contributed by atoms with E-state index in [1.807, 2.05) is 34.9 Å². The first-order chi connectivity index (χ1) is 9.70. The molecule has 1 aromatic carbocycles. The first-order valence-corrected chi connectivity index (χ1v) is 6.33. The molecule has 0 spiro atoms. The van der Waals surface area contributed by atoms with Crippen molar-refractivity contribution in [2.24, 2.45) is 5.73 Å². The number of hydrogen-bond acceptors (Lipinski definition) is 4. The number of nitrogens with zero attached hydrogens (tertiary/aromatic N) is 2. The fourth-order valence-corrected chi connectivity index (χ4v) is 1.83. The summed E-state index contributed by atoms with van der Waals surface area (Å²) in [6.45, 7) is 0.512. The number of benzene rings is 1. The van der Waals surface area contributed by atoms with Crippen molar-refractivity contribution in [1.29, 1.82) is 0 Å². The minimum atomic E-state index is -1.01. The summed E-state index contributed by atoms with van der Waals surface area (Å²) >= 11 is 0. The van der Waals surface area contributed by atoms with Crippen LogP contribution in [0.4, 0.5) is 0 Å². The van der Waals surface area contributed by atoms with Crippen LogP contribution in [0.15, 0.2) is 42.9 Å². The van der Waals surface area contributed by atoms with Crippen LogP contribution in [0.25, 0.3) is 5.69 Å². The average Bonchev–Trinajstić information content (AvgIpc) is 2.92. The van der Waals surface area contributed by atoms with Crippen LogP contribution in [0.2, 0.25) is 0 Å². The van der Waals surface area contributed by atoms with Gasteiger partial charge < -0.3 is 20.1 Å². The number of para-hydroxylation sites is 1. The first kappa shape index (κ1) is 14.2. The molecule has 3 N–H and O–H groups in total. The highest BCUT2D eigenvalue weighted by atomic mass is 16.5. The molecule has 0 aliphatic rings. The van der Waals surface area contributed by atoms with Crippen LogP contribution in [0, 0.1) is 0 Å². The molecule has 0 unspecified atom stereocenters. The molecule has 106 valence electrons. The first-order valence-electron chi connectivity index (χ1n) is 6.33. The predicted octanol–water partition coefficient (Wildman–Crippen LogP) is 0.843. The third kappa shape index (κ3) is 3.66. The Kier molecular flexibility index (Phi) is 4.86. The second-order valence-corrected chi connectivity index (χ2v) is 4.30. The number of rotatable bonds is 7. The molecule has 1 aromatic heterocycles. The smallest absolute Gasteiger partial charge is 0.333 e. The van der Waals surface area contributed by atoms with Crippen LogP contribution in [-0.2, 0) is 16.0 Å². The number of ether oxygens (including phenoxy) is 1. The summed E-state index contributed by atoms with van der Waals surface area (Å²) in [4.78, 5) is 15.3. The van der Waals surface area contributed by atoms with Gasteiger partial charge in [0.1, 0.15) is 0 Å².